The number of hydrogen-bond acceptors (Lipinski definition) is 5. The summed E-state index contributed by atoms with van der Waals surface area (Å²) in [5.74, 6) is -0.115. The van der Waals surface area contributed by atoms with Crippen LogP contribution in [-0.2, 0) is 17.9 Å². The van der Waals surface area contributed by atoms with E-state index in [1.807, 2.05) is 18.2 Å². The van der Waals surface area contributed by atoms with Crippen LogP contribution in [0.5, 0.6) is 0 Å². The highest BCUT2D eigenvalue weighted by molar-refractivity contribution is 5.90. The Hall–Kier alpha value is -4.07. The van der Waals surface area contributed by atoms with Crippen LogP contribution < -0.4 is 16.6 Å². The summed E-state index contributed by atoms with van der Waals surface area (Å²) < 4.78 is 2.55. The van der Waals surface area contributed by atoms with Crippen LogP contribution >= 0.6 is 0 Å². The van der Waals surface area contributed by atoms with Crippen molar-refractivity contribution in [3.8, 4) is 11.4 Å². The maximum absolute atomic E-state index is 12.9. The van der Waals surface area contributed by atoms with E-state index < -0.39 is 11.2 Å². The molecule has 8 nitrogen and oxygen atoms in total. The van der Waals surface area contributed by atoms with Crippen molar-refractivity contribution in [2.45, 2.75) is 13.1 Å². The second-order valence-corrected chi connectivity index (χ2v) is 6.43. The van der Waals surface area contributed by atoms with Gasteiger partial charge in [0.15, 0.2) is 5.82 Å². The molecule has 2 aliphatic rings. The molecule has 2 aromatic rings. The Morgan fingerprint density at radius 2 is 1.83 bits per heavy atom. The molecule has 0 aliphatic carbocycles. The molecule has 0 fully saturated rings. The third-order valence-corrected chi connectivity index (χ3v) is 4.38. The molecule has 0 spiro atoms. The van der Waals surface area contributed by atoms with Crippen LogP contribution in [0.25, 0.3) is 11.4 Å². The molecule has 0 unspecified atom stereocenters. The summed E-state index contributed by atoms with van der Waals surface area (Å²) in [4.78, 5) is 45.8. The molecule has 1 aromatic heterocycles. The van der Waals surface area contributed by atoms with E-state index in [2.05, 4.69) is 15.3 Å². The topological polar surface area (TPSA) is 98.9 Å². The van der Waals surface area contributed by atoms with E-state index in [0.717, 1.165) is 10.1 Å². The van der Waals surface area contributed by atoms with Crippen molar-refractivity contribution < 1.29 is 4.79 Å². The molecule has 1 aromatic carbocycles. The molecule has 1 amide bonds. The third-order valence-electron chi connectivity index (χ3n) is 4.38. The minimum absolute atomic E-state index is 0.0786. The summed E-state index contributed by atoms with van der Waals surface area (Å²) in [5.41, 5.74) is 0.522. The highest BCUT2D eigenvalue weighted by Crippen LogP contribution is 2.14. The van der Waals surface area contributed by atoms with Gasteiger partial charge in [0.05, 0.1) is 12.1 Å². The van der Waals surface area contributed by atoms with E-state index in [0.29, 0.717) is 5.69 Å². The molecule has 8 heteroatoms. The fourth-order valence-electron chi connectivity index (χ4n) is 3.04. The van der Waals surface area contributed by atoms with E-state index in [1.165, 1.54) is 4.57 Å². The van der Waals surface area contributed by atoms with Crippen LogP contribution in [0.4, 0.5) is 5.69 Å². The third kappa shape index (κ3) is 3.96. The molecule has 0 radical (unpaired) electrons. The van der Waals surface area contributed by atoms with Gasteiger partial charge in [-0.25, -0.2) is 4.79 Å². The Kier molecular flexibility index (Phi) is 4.98. The molecule has 1 N–H and O–H groups in total. The molecule has 0 atom stereocenters. The zero-order valence-electron chi connectivity index (χ0n) is 15.4. The largest absolute Gasteiger partial charge is 0.352 e. The van der Waals surface area contributed by atoms with Crippen molar-refractivity contribution in [1.29, 1.82) is 0 Å². The Morgan fingerprint density at radius 1 is 1.00 bits per heavy atom. The van der Waals surface area contributed by atoms with Crippen LogP contribution in [0, 0.1) is 0 Å². The molecule has 3 heterocycles. The monoisotopic (exact) mass is 387 g/mol. The zero-order valence-corrected chi connectivity index (χ0v) is 15.4. The van der Waals surface area contributed by atoms with Gasteiger partial charge in [-0.3, -0.25) is 19.1 Å². The zero-order chi connectivity index (χ0) is 20.2. The SMILES string of the molecule is O=C(Cn1cccc2c(=O)n(Cc3cccnc3)c(=O)nc1-2)Nc1ccccc1. The maximum atomic E-state index is 12.9. The number of aromatic nitrogens is 4. The first-order valence-corrected chi connectivity index (χ1v) is 8.95. The van der Waals surface area contributed by atoms with Crippen molar-refractivity contribution >= 4 is 11.6 Å². The number of rotatable bonds is 5. The fraction of sp³-hybridized carbons (Fsp3) is 0.0952. The lowest BCUT2D eigenvalue weighted by molar-refractivity contribution is -0.116. The number of fused-ring (bicyclic) bond motifs is 1. The number of benzene rings is 1. The number of nitrogens with one attached hydrogen (secondary N) is 1. The van der Waals surface area contributed by atoms with E-state index in [-0.39, 0.29) is 30.4 Å². The Balaban J connectivity index is 1.66. The molecule has 0 saturated heterocycles. The summed E-state index contributed by atoms with van der Waals surface area (Å²) in [5, 5.41) is 2.77. The fourth-order valence-corrected chi connectivity index (χ4v) is 3.04. The smallest absolute Gasteiger partial charge is 0.325 e. The van der Waals surface area contributed by atoms with Gasteiger partial charge in [0.1, 0.15) is 6.54 Å². The standard InChI is InChI=1S/C21H17N5O3/c27-18(23-16-7-2-1-3-8-16)14-25-11-5-9-17-19(25)24-21(29)26(20(17)28)13-15-6-4-10-22-12-15/h1-12H,13-14H2,(H,23,27). The first-order chi connectivity index (χ1) is 14.1. The van der Waals surface area contributed by atoms with Crippen molar-refractivity contribution in [3.05, 3.63) is 99.6 Å². The molecule has 29 heavy (non-hydrogen) atoms. The van der Waals surface area contributed by atoms with Crippen molar-refractivity contribution in [1.82, 2.24) is 19.1 Å². The van der Waals surface area contributed by atoms with Gasteiger partial charge < -0.3 is 9.88 Å². The average molecular weight is 387 g/mol. The summed E-state index contributed by atoms with van der Waals surface area (Å²) in [6.45, 7) is 0.00255. The number of carbonyl (C=O) groups excluding carboxylic acids is 1. The molecule has 0 bridgehead atoms. The molecular formula is C21H17N5O3. The second-order valence-electron chi connectivity index (χ2n) is 6.43. The molecular weight excluding hydrogens is 370 g/mol. The van der Waals surface area contributed by atoms with E-state index in [9.17, 15) is 14.4 Å². The highest BCUT2D eigenvalue weighted by atomic mass is 16.2. The maximum Gasteiger partial charge on any atom is 0.352 e. The van der Waals surface area contributed by atoms with Gasteiger partial charge in [-0.15, -0.1) is 0 Å². The second kappa shape index (κ2) is 7.89. The van der Waals surface area contributed by atoms with E-state index >= 15 is 0 Å². The van der Waals surface area contributed by atoms with Crippen LogP contribution in [0.1, 0.15) is 5.56 Å². The number of nitrogens with zero attached hydrogens (tertiary/aromatic N) is 4. The van der Waals surface area contributed by atoms with Gasteiger partial charge in [-0.05, 0) is 35.9 Å². The average Bonchev–Trinajstić information content (AvgIpc) is 2.73. The lowest BCUT2D eigenvalue weighted by Crippen LogP contribution is -2.38. The Bertz CT molecular complexity index is 1230. The summed E-state index contributed by atoms with van der Waals surface area (Å²) in [6, 6.07) is 15.8. The Labute approximate surface area is 165 Å². The number of anilines is 1. The number of pyridine rings is 2. The number of hydrogen-bond donors (Lipinski definition) is 1. The number of amides is 1. The lowest BCUT2D eigenvalue weighted by atomic mass is 10.2. The summed E-state index contributed by atoms with van der Waals surface area (Å²) >= 11 is 0. The minimum atomic E-state index is -0.672. The number of para-hydroxylation sites is 1. The van der Waals surface area contributed by atoms with Crippen molar-refractivity contribution in [2.24, 2.45) is 0 Å². The van der Waals surface area contributed by atoms with Gasteiger partial charge in [-0.2, -0.15) is 4.98 Å². The van der Waals surface area contributed by atoms with Gasteiger partial charge >= 0.3 is 5.69 Å². The van der Waals surface area contributed by atoms with Crippen LogP contribution in [0.3, 0.4) is 0 Å². The first kappa shape index (κ1) is 18.3. The lowest BCUT2D eigenvalue weighted by Gasteiger charge is -2.15. The first-order valence-electron chi connectivity index (χ1n) is 8.95. The summed E-state index contributed by atoms with van der Waals surface area (Å²) in [6.07, 6.45) is 4.83. The predicted octanol–water partition coefficient (Wildman–Crippen LogP) is 1.59. The molecule has 4 rings (SSSR count). The van der Waals surface area contributed by atoms with Crippen LogP contribution in [0.15, 0.2) is 82.8 Å². The Morgan fingerprint density at radius 3 is 2.59 bits per heavy atom. The van der Waals surface area contributed by atoms with Gasteiger partial charge in [0.2, 0.25) is 5.91 Å². The normalized spacial score (nSPS) is 10.8. The predicted molar refractivity (Wildman–Crippen MR) is 108 cm³/mol. The molecule has 2 aliphatic heterocycles. The van der Waals surface area contributed by atoms with Crippen molar-refractivity contribution in [3.63, 3.8) is 0 Å². The van der Waals surface area contributed by atoms with Crippen LogP contribution in [-0.4, -0.2) is 25.0 Å². The van der Waals surface area contributed by atoms with Gasteiger partial charge in [0.25, 0.3) is 5.56 Å². The van der Waals surface area contributed by atoms with Gasteiger partial charge in [0, 0.05) is 24.3 Å². The summed E-state index contributed by atoms with van der Waals surface area (Å²) in [7, 11) is 0. The van der Waals surface area contributed by atoms with E-state index in [1.54, 1.807) is 55.0 Å². The van der Waals surface area contributed by atoms with Gasteiger partial charge in [-0.1, -0.05) is 24.3 Å². The number of carbonyl (C=O) groups is 1. The van der Waals surface area contributed by atoms with Crippen LogP contribution in [0.2, 0.25) is 0 Å². The van der Waals surface area contributed by atoms with E-state index in [4.69, 9.17) is 0 Å². The minimum Gasteiger partial charge on any atom is -0.325 e. The van der Waals surface area contributed by atoms with Crippen molar-refractivity contribution in [2.75, 3.05) is 5.32 Å². The highest BCUT2D eigenvalue weighted by Gasteiger charge is 2.18. The molecule has 144 valence electrons. The quantitative estimate of drug-likeness (QED) is 0.561. The molecule has 0 saturated carbocycles.